The van der Waals surface area contributed by atoms with Gasteiger partial charge in [0.25, 0.3) is 0 Å². The fourth-order valence-corrected chi connectivity index (χ4v) is 3.80. The van der Waals surface area contributed by atoms with Crippen molar-refractivity contribution < 1.29 is 9.47 Å². The standard InChI is InChI=1S/C24H23N3O2/c1-28-18-10-6-16(7-11-18)15-29-19-12-8-17(9-13-19)23-20-4-2-3-5-22(20)27-24(26)21(23)14-25/h6-13H,2-5,15H2,1H3,(H2,26,27). The van der Waals surface area contributed by atoms with Gasteiger partial charge in [-0.1, -0.05) is 24.3 Å². The van der Waals surface area contributed by atoms with E-state index in [1.165, 1.54) is 0 Å². The summed E-state index contributed by atoms with van der Waals surface area (Å²) in [5, 5.41) is 9.66. The van der Waals surface area contributed by atoms with Gasteiger partial charge in [0.1, 0.15) is 35.6 Å². The Labute approximate surface area is 170 Å². The molecule has 0 fully saturated rings. The van der Waals surface area contributed by atoms with Gasteiger partial charge in [-0.25, -0.2) is 4.98 Å². The van der Waals surface area contributed by atoms with E-state index < -0.39 is 0 Å². The molecule has 1 aromatic heterocycles. The lowest BCUT2D eigenvalue weighted by atomic mass is 9.86. The number of hydrogen-bond donors (Lipinski definition) is 1. The molecule has 5 heteroatoms. The average molecular weight is 385 g/mol. The predicted molar refractivity (Wildman–Crippen MR) is 113 cm³/mol. The molecule has 2 N–H and O–H groups in total. The highest BCUT2D eigenvalue weighted by Crippen LogP contribution is 2.36. The van der Waals surface area contributed by atoms with Crippen molar-refractivity contribution in [1.82, 2.24) is 4.98 Å². The van der Waals surface area contributed by atoms with Crippen molar-refractivity contribution in [3.63, 3.8) is 0 Å². The van der Waals surface area contributed by atoms with E-state index >= 15 is 0 Å². The van der Waals surface area contributed by atoms with Crippen LogP contribution in [-0.2, 0) is 19.4 Å². The number of aromatic nitrogens is 1. The number of anilines is 1. The van der Waals surface area contributed by atoms with E-state index in [4.69, 9.17) is 15.2 Å². The van der Waals surface area contributed by atoms with Gasteiger partial charge in [-0.2, -0.15) is 5.26 Å². The smallest absolute Gasteiger partial charge is 0.142 e. The van der Waals surface area contributed by atoms with Crippen molar-refractivity contribution in [2.24, 2.45) is 0 Å². The van der Waals surface area contributed by atoms with Crippen LogP contribution in [0, 0.1) is 11.3 Å². The first-order valence-corrected chi connectivity index (χ1v) is 9.77. The topological polar surface area (TPSA) is 81.2 Å². The summed E-state index contributed by atoms with van der Waals surface area (Å²) in [6.07, 6.45) is 4.08. The second kappa shape index (κ2) is 8.24. The van der Waals surface area contributed by atoms with E-state index in [0.29, 0.717) is 18.0 Å². The van der Waals surface area contributed by atoms with Crippen molar-refractivity contribution >= 4 is 5.82 Å². The number of rotatable bonds is 5. The van der Waals surface area contributed by atoms with E-state index in [0.717, 1.165) is 65.1 Å². The second-order valence-corrected chi connectivity index (χ2v) is 7.15. The fraction of sp³-hybridized carbons (Fsp3) is 0.250. The maximum Gasteiger partial charge on any atom is 0.142 e. The summed E-state index contributed by atoms with van der Waals surface area (Å²) in [6, 6.07) is 17.9. The molecule has 0 atom stereocenters. The Kier molecular flexibility index (Phi) is 5.35. The van der Waals surface area contributed by atoms with Gasteiger partial charge in [-0.3, -0.25) is 0 Å². The van der Waals surface area contributed by atoms with Gasteiger partial charge < -0.3 is 15.2 Å². The van der Waals surface area contributed by atoms with Crippen LogP contribution in [0.25, 0.3) is 11.1 Å². The summed E-state index contributed by atoms with van der Waals surface area (Å²) >= 11 is 0. The van der Waals surface area contributed by atoms with Crippen molar-refractivity contribution in [3.8, 4) is 28.7 Å². The monoisotopic (exact) mass is 385 g/mol. The highest BCUT2D eigenvalue weighted by Gasteiger charge is 2.21. The minimum Gasteiger partial charge on any atom is -0.497 e. The minimum atomic E-state index is 0.322. The zero-order valence-corrected chi connectivity index (χ0v) is 16.4. The van der Waals surface area contributed by atoms with Crippen LogP contribution in [0.2, 0.25) is 0 Å². The third-order valence-electron chi connectivity index (χ3n) is 5.32. The van der Waals surface area contributed by atoms with Crippen molar-refractivity contribution in [2.75, 3.05) is 12.8 Å². The van der Waals surface area contributed by atoms with Gasteiger partial charge in [0, 0.05) is 11.3 Å². The van der Waals surface area contributed by atoms with E-state index in [9.17, 15) is 5.26 Å². The third kappa shape index (κ3) is 3.88. The van der Waals surface area contributed by atoms with Gasteiger partial charge in [0.05, 0.1) is 7.11 Å². The Morgan fingerprint density at radius 1 is 1.00 bits per heavy atom. The molecule has 146 valence electrons. The lowest BCUT2D eigenvalue weighted by molar-refractivity contribution is 0.306. The summed E-state index contributed by atoms with van der Waals surface area (Å²) in [7, 11) is 1.65. The molecule has 29 heavy (non-hydrogen) atoms. The molecule has 3 aromatic rings. The Morgan fingerprint density at radius 3 is 2.38 bits per heavy atom. The first-order valence-electron chi connectivity index (χ1n) is 9.77. The number of nitriles is 1. The van der Waals surface area contributed by atoms with Crippen LogP contribution in [0.3, 0.4) is 0 Å². The molecule has 0 spiro atoms. The Hall–Kier alpha value is -3.52. The highest BCUT2D eigenvalue weighted by atomic mass is 16.5. The summed E-state index contributed by atoms with van der Waals surface area (Å²) < 4.78 is 11.1. The first-order chi connectivity index (χ1) is 14.2. The number of hydrogen-bond acceptors (Lipinski definition) is 5. The van der Waals surface area contributed by atoms with E-state index in [-0.39, 0.29) is 0 Å². The van der Waals surface area contributed by atoms with E-state index in [1.807, 2.05) is 48.5 Å². The second-order valence-electron chi connectivity index (χ2n) is 7.15. The first kappa shape index (κ1) is 18.8. The Balaban J connectivity index is 1.58. The normalized spacial score (nSPS) is 12.7. The molecule has 2 aromatic carbocycles. The minimum absolute atomic E-state index is 0.322. The molecule has 0 aliphatic heterocycles. The molecule has 0 bridgehead atoms. The Morgan fingerprint density at radius 2 is 1.69 bits per heavy atom. The van der Waals surface area contributed by atoms with E-state index in [2.05, 4.69) is 11.1 Å². The summed E-state index contributed by atoms with van der Waals surface area (Å²) in [4.78, 5) is 4.49. The van der Waals surface area contributed by atoms with Crippen LogP contribution < -0.4 is 15.2 Å². The molecular weight excluding hydrogens is 362 g/mol. The van der Waals surface area contributed by atoms with Gasteiger partial charge in [-0.15, -0.1) is 0 Å². The predicted octanol–water partition coefficient (Wildman–Crippen LogP) is 4.67. The SMILES string of the molecule is COc1ccc(COc2ccc(-c3c(C#N)c(N)nc4c3CCCC4)cc2)cc1. The summed E-state index contributed by atoms with van der Waals surface area (Å²) in [5.41, 5.74) is 11.7. The van der Waals surface area contributed by atoms with Crippen LogP contribution in [-0.4, -0.2) is 12.1 Å². The molecule has 4 rings (SSSR count). The van der Waals surface area contributed by atoms with Crippen LogP contribution in [0.15, 0.2) is 48.5 Å². The zero-order chi connectivity index (χ0) is 20.2. The molecule has 0 saturated heterocycles. The average Bonchev–Trinajstić information content (AvgIpc) is 2.77. The number of pyridine rings is 1. The number of ether oxygens (including phenoxy) is 2. The molecule has 0 unspecified atom stereocenters. The number of fused-ring (bicyclic) bond motifs is 1. The maximum atomic E-state index is 9.66. The third-order valence-corrected chi connectivity index (χ3v) is 5.32. The number of aryl methyl sites for hydroxylation is 1. The largest absolute Gasteiger partial charge is 0.497 e. The van der Waals surface area contributed by atoms with Crippen molar-refractivity contribution in [3.05, 3.63) is 70.9 Å². The van der Waals surface area contributed by atoms with Gasteiger partial charge >= 0.3 is 0 Å². The number of nitrogen functional groups attached to an aromatic ring is 1. The van der Waals surface area contributed by atoms with E-state index in [1.54, 1.807) is 7.11 Å². The molecule has 0 amide bonds. The number of nitrogens with two attached hydrogens (primary N) is 1. The lowest BCUT2D eigenvalue weighted by Gasteiger charge is -2.21. The molecule has 1 heterocycles. The quantitative estimate of drug-likeness (QED) is 0.690. The van der Waals surface area contributed by atoms with Crippen molar-refractivity contribution in [2.45, 2.75) is 32.3 Å². The fourth-order valence-electron chi connectivity index (χ4n) is 3.80. The maximum absolute atomic E-state index is 9.66. The van der Waals surface area contributed by atoms with Crippen LogP contribution in [0.1, 0.15) is 35.2 Å². The molecule has 0 saturated carbocycles. The number of methoxy groups -OCH3 is 1. The number of benzene rings is 2. The molecule has 5 nitrogen and oxygen atoms in total. The van der Waals surface area contributed by atoms with Gasteiger partial charge in [0.15, 0.2) is 0 Å². The molecule has 0 radical (unpaired) electrons. The highest BCUT2D eigenvalue weighted by molar-refractivity contribution is 5.79. The van der Waals surface area contributed by atoms with Crippen LogP contribution in [0.5, 0.6) is 11.5 Å². The van der Waals surface area contributed by atoms with Crippen LogP contribution >= 0.6 is 0 Å². The molecule has 1 aliphatic carbocycles. The zero-order valence-electron chi connectivity index (χ0n) is 16.4. The van der Waals surface area contributed by atoms with Crippen molar-refractivity contribution in [1.29, 1.82) is 5.26 Å². The lowest BCUT2D eigenvalue weighted by Crippen LogP contribution is -2.11. The van der Waals surface area contributed by atoms with Gasteiger partial charge in [-0.05, 0) is 66.6 Å². The molecular formula is C24H23N3O2. The molecule has 1 aliphatic rings. The number of nitrogens with zero attached hydrogens (tertiary/aromatic N) is 2. The summed E-state index contributed by atoms with van der Waals surface area (Å²) in [6.45, 7) is 0.477. The summed E-state index contributed by atoms with van der Waals surface area (Å²) in [5.74, 6) is 1.92. The van der Waals surface area contributed by atoms with Crippen LogP contribution in [0.4, 0.5) is 5.82 Å². The van der Waals surface area contributed by atoms with Gasteiger partial charge in [0.2, 0.25) is 0 Å². The Bertz CT molecular complexity index is 1050.